The normalized spacial score (nSPS) is 13.3. The smallest absolute Gasteiger partial charge is 0.337 e. The Kier molecular flexibility index (Phi) is 6.61. The number of rotatable bonds is 7. The molecule has 0 aliphatic heterocycles. The van der Waals surface area contributed by atoms with Gasteiger partial charge in [-0.25, -0.2) is 22.2 Å². The summed E-state index contributed by atoms with van der Waals surface area (Å²) in [6.07, 6.45) is 1.22. The number of hydrogen-bond donors (Lipinski definition) is 2. The molecular formula is C29H23BFN5O5S. The van der Waals surface area contributed by atoms with Gasteiger partial charge in [0.25, 0.3) is 21.1 Å². The van der Waals surface area contributed by atoms with E-state index in [2.05, 4.69) is 10.0 Å². The third-order valence-corrected chi connectivity index (χ3v) is 8.43. The second-order valence-electron chi connectivity index (χ2n) is 10.0. The zero-order valence-corrected chi connectivity index (χ0v) is 23.1. The predicted octanol–water partition coefficient (Wildman–Crippen LogP) is 2.66. The molecule has 2 aromatic heterocycles. The highest BCUT2D eigenvalue weighted by atomic mass is 32.2. The number of pyridine rings is 1. The number of benzene rings is 3. The van der Waals surface area contributed by atoms with Crippen LogP contribution in [0.4, 0.5) is 21.5 Å². The van der Waals surface area contributed by atoms with Gasteiger partial charge < -0.3 is 5.32 Å². The third kappa shape index (κ3) is 4.81. The van der Waals surface area contributed by atoms with Gasteiger partial charge in [0.1, 0.15) is 24.7 Å². The maximum Gasteiger partial charge on any atom is 0.337 e. The van der Waals surface area contributed by atoms with Crippen LogP contribution in [0.2, 0.25) is 0 Å². The molecule has 0 spiro atoms. The first kappa shape index (κ1) is 27.3. The van der Waals surface area contributed by atoms with Gasteiger partial charge in [0.2, 0.25) is 0 Å². The summed E-state index contributed by atoms with van der Waals surface area (Å²) in [4.78, 5) is 40.9. The van der Waals surface area contributed by atoms with Crippen LogP contribution >= 0.6 is 0 Å². The molecule has 5 aromatic rings. The summed E-state index contributed by atoms with van der Waals surface area (Å²) in [6.45, 7) is 0. The Morgan fingerprint density at radius 2 is 1.64 bits per heavy atom. The summed E-state index contributed by atoms with van der Waals surface area (Å²) in [6, 6.07) is 18.6. The van der Waals surface area contributed by atoms with Crippen molar-refractivity contribution in [1.29, 1.82) is 0 Å². The molecule has 0 atom stereocenters. The number of nitrogens with zero attached hydrogens (tertiary/aromatic N) is 3. The lowest BCUT2D eigenvalue weighted by Crippen LogP contribution is -2.41. The van der Waals surface area contributed by atoms with Gasteiger partial charge >= 0.3 is 5.69 Å². The molecule has 1 fully saturated rings. The zero-order valence-electron chi connectivity index (χ0n) is 22.2. The molecule has 0 amide bonds. The molecule has 1 aliphatic carbocycles. The number of fused-ring (bicyclic) bond motifs is 1. The van der Waals surface area contributed by atoms with Crippen LogP contribution in [0.1, 0.15) is 18.9 Å². The largest absolute Gasteiger partial charge is 0.352 e. The van der Waals surface area contributed by atoms with Crippen LogP contribution in [0.3, 0.4) is 0 Å². The molecule has 0 unspecified atom stereocenters. The quantitative estimate of drug-likeness (QED) is 0.284. The van der Waals surface area contributed by atoms with E-state index in [1.807, 2.05) is 0 Å². The predicted molar refractivity (Wildman–Crippen MR) is 160 cm³/mol. The van der Waals surface area contributed by atoms with Crippen LogP contribution < -0.4 is 32.3 Å². The molecule has 2 N–H and O–H groups in total. The van der Waals surface area contributed by atoms with Crippen molar-refractivity contribution < 1.29 is 12.8 Å². The number of halogens is 1. The molecular weight excluding hydrogens is 560 g/mol. The standard InChI is InChI=1S/C29H23BFN5O5S/c1-34-25(37)16-24(32-23-13-10-17(30)14-22(23)31)26-27(34)35(29(39)36(28(26)38)19-11-12-19)20-7-5-6-18(15-20)33-42(40,41)21-8-3-2-4-9-21/h2-10,13-16,19,32-33H,11-12H2,1H3. The molecule has 210 valence electrons. The highest BCUT2D eigenvalue weighted by Gasteiger charge is 2.31. The Bertz CT molecular complexity index is 2170. The molecule has 1 saturated carbocycles. The Morgan fingerprint density at radius 1 is 0.905 bits per heavy atom. The van der Waals surface area contributed by atoms with Crippen LogP contribution in [0.25, 0.3) is 16.7 Å². The van der Waals surface area contributed by atoms with E-state index in [-0.39, 0.29) is 50.2 Å². The van der Waals surface area contributed by atoms with Gasteiger partial charge in [-0.15, -0.1) is 0 Å². The van der Waals surface area contributed by atoms with Crippen LogP contribution in [0.15, 0.2) is 98.1 Å². The first-order valence-electron chi connectivity index (χ1n) is 13.0. The van der Waals surface area contributed by atoms with Gasteiger partial charge in [-0.05, 0) is 55.3 Å². The van der Waals surface area contributed by atoms with Crippen LogP contribution in [0, 0.1) is 5.82 Å². The van der Waals surface area contributed by atoms with Gasteiger partial charge in [0, 0.05) is 19.2 Å². The molecule has 2 radical (unpaired) electrons. The van der Waals surface area contributed by atoms with Crippen LogP contribution in [-0.4, -0.2) is 30.0 Å². The lowest BCUT2D eigenvalue weighted by Gasteiger charge is -2.19. The van der Waals surface area contributed by atoms with Crippen molar-refractivity contribution in [3.05, 3.63) is 116 Å². The van der Waals surface area contributed by atoms with Crippen LogP contribution in [-0.2, 0) is 17.1 Å². The molecule has 13 heteroatoms. The highest BCUT2D eigenvalue weighted by molar-refractivity contribution is 7.92. The van der Waals surface area contributed by atoms with E-state index < -0.39 is 32.6 Å². The van der Waals surface area contributed by atoms with E-state index in [0.29, 0.717) is 12.8 Å². The Labute approximate surface area is 240 Å². The topological polar surface area (TPSA) is 124 Å². The number of aromatic nitrogens is 3. The second kappa shape index (κ2) is 10.2. The fourth-order valence-electron chi connectivity index (χ4n) is 4.85. The Hall–Kier alpha value is -4.91. The number of hydrogen-bond acceptors (Lipinski definition) is 6. The van der Waals surface area contributed by atoms with E-state index in [0.717, 1.165) is 21.3 Å². The minimum absolute atomic E-state index is 0.00542. The number of nitrogens with one attached hydrogen (secondary N) is 2. The highest BCUT2D eigenvalue weighted by Crippen LogP contribution is 2.34. The Morgan fingerprint density at radius 3 is 2.33 bits per heavy atom. The van der Waals surface area contributed by atoms with Crippen LogP contribution in [0.5, 0.6) is 0 Å². The maximum absolute atomic E-state index is 14.7. The van der Waals surface area contributed by atoms with Gasteiger partial charge in [-0.3, -0.25) is 23.4 Å². The SMILES string of the molecule is [B]c1ccc(Nc2cc(=O)n(C)c3c2c(=O)n(C2CC2)c(=O)n3-c2cccc(NS(=O)(=O)c3ccccc3)c2)c(F)c1. The molecule has 0 saturated heterocycles. The minimum atomic E-state index is -3.95. The van der Waals surface area contributed by atoms with Crippen molar-refractivity contribution in [1.82, 2.24) is 13.7 Å². The molecule has 10 nitrogen and oxygen atoms in total. The average molecular weight is 583 g/mol. The van der Waals surface area contributed by atoms with Gasteiger partial charge in [0.15, 0.2) is 0 Å². The monoisotopic (exact) mass is 583 g/mol. The molecule has 2 heterocycles. The fourth-order valence-corrected chi connectivity index (χ4v) is 5.92. The summed E-state index contributed by atoms with van der Waals surface area (Å²) in [7, 11) is 3.13. The Balaban J connectivity index is 1.59. The lowest BCUT2D eigenvalue weighted by atomic mass is 9.96. The summed E-state index contributed by atoms with van der Waals surface area (Å²) >= 11 is 0. The summed E-state index contributed by atoms with van der Waals surface area (Å²) < 4.78 is 46.7. The summed E-state index contributed by atoms with van der Waals surface area (Å²) in [5.74, 6) is -0.696. The molecule has 0 bridgehead atoms. The van der Waals surface area contributed by atoms with E-state index in [9.17, 15) is 27.2 Å². The van der Waals surface area contributed by atoms with E-state index in [1.165, 1.54) is 48.0 Å². The second-order valence-corrected chi connectivity index (χ2v) is 11.7. The van der Waals surface area contributed by atoms with Crippen molar-refractivity contribution in [2.75, 3.05) is 10.0 Å². The van der Waals surface area contributed by atoms with E-state index in [1.54, 1.807) is 30.3 Å². The molecule has 1 aliphatic rings. The molecule has 42 heavy (non-hydrogen) atoms. The maximum atomic E-state index is 14.7. The minimum Gasteiger partial charge on any atom is -0.352 e. The number of sulfonamides is 1. The van der Waals surface area contributed by atoms with Gasteiger partial charge in [-0.1, -0.05) is 35.8 Å². The van der Waals surface area contributed by atoms with E-state index in [4.69, 9.17) is 7.85 Å². The van der Waals surface area contributed by atoms with Crippen molar-refractivity contribution in [2.24, 2.45) is 7.05 Å². The van der Waals surface area contributed by atoms with Crippen molar-refractivity contribution in [2.45, 2.75) is 23.8 Å². The number of anilines is 3. The van der Waals surface area contributed by atoms with Gasteiger partial charge in [-0.2, -0.15) is 0 Å². The van der Waals surface area contributed by atoms with Crippen molar-refractivity contribution in [3.8, 4) is 5.69 Å². The van der Waals surface area contributed by atoms with Crippen molar-refractivity contribution in [3.63, 3.8) is 0 Å². The first-order chi connectivity index (χ1) is 20.0. The summed E-state index contributed by atoms with van der Waals surface area (Å²) in [5.41, 5.74) is -1.40. The van der Waals surface area contributed by atoms with Crippen molar-refractivity contribution >= 4 is 51.4 Å². The zero-order chi connectivity index (χ0) is 29.8. The summed E-state index contributed by atoms with van der Waals surface area (Å²) in [5, 5.41) is 2.81. The molecule has 6 rings (SSSR count). The number of aryl methyl sites for hydroxylation is 1. The molecule has 3 aromatic carbocycles. The van der Waals surface area contributed by atoms with E-state index >= 15 is 0 Å². The first-order valence-corrected chi connectivity index (χ1v) is 14.4. The van der Waals surface area contributed by atoms with Gasteiger partial charge in [0.05, 0.1) is 27.6 Å². The third-order valence-electron chi connectivity index (χ3n) is 7.04. The average Bonchev–Trinajstić information content (AvgIpc) is 3.78. The fraction of sp³-hybridized carbons (Fsp3) is 0.138. The lowest BCUT2D eigenvalue weighted by molar-refractivity contribution is 0.601.